The average Bonchev–Trinajstić information content (AvgIpc) is 2.92. The largest absolute Gasteiger partial charge is 0.495 e. The summed E-state index contributed by atoms with van der Waals surface area (Å²) in [5.74, 6) is 0.0605. The maximum atomic E-state index is 12.6. The SMILES string of the molecule is COc1ccc(Cl)cc1NC(=O)CC1SC(=Nc2ccc(C)c(C)c2)N(C)C1=O. The van der Waals surface area contributed by atoms with Gasteiger partial charge in [-0.3, -0.25) is 14.5 Å². The molecular formula is C21H22ClN3O3S. The second kappa shape index (κ2) is 8.88. The van der Waals surface area contributed by atoms with Gasteiger partial charge in [-0.2, -0.15) is 0 Å². The van der Waals surface area contributed by atoms with Crippen LogP contribution < -0.4 is 10.1 Å². The van der Waals surface area contributed by atoms with Crippen LogP contribution in [0.5, 0.6) is 5.75 Å². The number of nitrogens with one attached hydrogen (secondary N) is 1. The molecule has 1 N–H and O–H groups in total. The van der Waals surface area contributed by atoms with Crippen LogP contribution in [0, 0.1) is 13.8 Å². The second-order valence-corrected chi connectivity index (χ2v) is 8.37. The zero-order chi connectivity index (χ0) is 21.1. The minimum absolute atomic E-state index is 0.0233. The molecule has 0 aliphatic carbocycles. The third-order valence-electron chi connectivity index (χ3n) is 4.66. The number of halogens is 1. The first kappa shape index (κ1) is 21.2. The quantitative estimate of drug-likeness (QED) is 0.753. The van der Waals surface area contributed by atoms with Crippen molar-refractivity contribution in [3.8, 4) is 5.75 Å². The van der Waals surface area contributed by atoms with Crippen LogP contribution in [-0.2, 0) is 9.59 Å². The van der Waals surface area contributed by atoms with E-state index in [9.17, 15) is 9.59 Å². The molecule has 0 saturated carbocycles. The average molecular weight is 432 g/mol. The first-order valence-corrected chi connectivity index (χ1v) is 10.3. The first-order chi connectivity index (χ1) is 13.8. The molecule has 1 atom stereocenters. The maximum Gasteiger partial charge on any atom is 0.242 e. The van der Waals surface area contributed by atoms with Gasteiger partial charge in [-0.15, -0.1) is 0 Å². The molecule has 1 aliphatic heterocycles. The van der Waals surface area contributed by atoms with Crippen LogP contribution in [0.2, 0.25) is 5.02 Å². The molecule has 152 valence electrons. The number of amidine groups is 1. The minimum atomic E-state index is -0.532. The Morgan fingerprint density at radius 2 is 2.00 bits per heavy atom. The molecule has 2 amide bonds. The number of carbonyl (C=O) groups is 2. The Morgan fingerprint density at radius 3 is 2.69 bits per heavy atom. The standard InChI is InChI=1S/C21H22ClN3O3S/c1-12-5-7-15(9-13(12)2)23-21-25(3)20(27)18(29-21)11-19(26)24-16-10-14(22)6-8-17(16)28-4/h5-10,18H,11H2,1-4H3,(H,24,26). The van der Waals surface area contributed by atoms with Crippen LogP contribution >= 0.6 is 23.4 Å². The van der Waals surface area contributed by atoms with Gasteiger partial charge >= 0.3 is 0 Å². The number of nitrogens with zero attached hydrogens (tertiary/aromatic N) is 2. The van der Waals surface area contributed by atoms with Gasteiger partial charge in [0.1, 0.15) is 11.0 Å². The number of ether oxygens (including phenoxy) is 1. The molecule has 2 aromatic rings. The van der Waals surface area contributed by atoms with E-state index in [1.807, 2.05) is 32.0 Å². The van der Waals surface area contributed by atoms with Gasteiger partial charge in [-0.05, 0) is 55.3 Å². The number of methoxy groups -OCH3 is 1. The van der Waals surface area contributed by atoms with Crippen LogP contribution in [-0.4, -0.2) is 41.3 Å². The van der Waals surface area contributed by atoms with Crippen molar-refractivity contribution in [2.45, 2.75) is 25.5 Å². The Kier molecular flexibility index (Phi) is 6.49. The summed E-state index contributed by atoms with van der Waals surface area (Å²) in [6.45, 7) is 4.06. The number of anilines is 1. The van der Waals surface area contributed by atoms with E-state index >= 15 is 0 Å². The summed E-state index contributed by atoms with van der Waals surface area (Å²) in [5.41, 5.74) is 3.57. The normalized spacial score (nSPS) is 17.7. The van der Waals surface area contributed by atoms with E-state index in [2.05, 4.69) is 10.3 Å². The number of aliphatic imine (C=N–C) groups is 1. The third-order valence-corrected chi connectivity index (χ3v) is 6.13. The number of thioether (sulfide) groups is 1. The lowest BCUT2D eigenvalue weighted by Crippen LogP contribution is -2.30. The number of hydrogen-bond acceptors (Lipinski definition) is 5. The zero-order valence-corrected chi connectivity index (χ0v) is 18.2. The van der Waals surface area contributed by atoms with Crippen LogP contribution in [0.1, 0.15) is 17.5 Å². The fraction of sp³-hybridized carbons (Fsp3) is 0.286. The summed E-state index contributed by atoms with van der Waals surface area (Å²) in [6, 6.07) is 10.9. The zero-order valence-electron chi connectivity index (χ0n) is 16.7. The van der Waals surface area contributed by atoms with Crippen molar-refractivity contribution in [1.82, 2.24) is 4.90 Å². The fourth-order valence-corrected chi connectivity index (χ4v) is 4.18. The molecule has 0 radical (unpaired) electrons. The molecule has 29 heavy (non-hydrogen) atoms. The molecule has 1 heterocycles. The van der Waals surface area contributed by atoms with Gasteiger partial charge in [-0.1, -0.05) is 29.4 Å². The van der Waals surface area contributed by atoms with Gasteiger partial charge in [0, 0.05) is 18.5 Å². The van der Waals surface area contributed by atoms with E-state index < -0.39 is 5.25 Å². The summed E-state index contributed by atoms with van der Waals surface area (Å²) in [5, 5.41) is 3.30. The smallest absolute Gasteiger partial charge is 0.242 e. The Balaban J connectivity index is 1.71. The van der Waals surface area contributed by atoms with E-state index in [0.29, 0.717) is 21.6 Å². The molecular weight excluding hydrogens is 410 g/mol. The van der Waals surface area contributed by atoms with Crippen molar-refractivity contribution in [3.05, 3.63) is 52.5 Å². The lowest BCUT2D eigenvalue weighted by Gasteiger charge is -2.12. The van der Waals surface area contributed by atoms with Crippen molar-refractivity contribution >= 4 is 51.7 Å². The topological polar surface area (TPSA) is 71.0 Å². The summed E-state index contributed by atoms with van der Waals surface area (Å²) in [4.78, 5) is 31.2. The molecule has 3 rings (SSSR count). The summed E-state index contributed by atoms with van der Waals surface area (Å²) in [7, 11) is 3.19. The van der Waals surface area contributed by atoms with Gasteiger partial charge < -0.3 is 10.1 Å². The van der Waals surface area contributed by atoms with Crippen LogP contribution in [0.15, 0.2) is 41.4 Å². The second-order valence-electron chi connectivity index (χ2n) is 6.76. The Bertz CT molecular complexity index is 993. The number of benzene rings is 2. The molecule has 6 nitrogen and oxygen atoms in total. The van der Waals surface area contributed by atoms with E-state index in [1.54, 1.807) is 25.2 Å². The van der Waals surface area contributed by atoms with E-state index in [0.717, 1.165) is 11.3 Å². The monoisotopic (exact) mass is 431 g/mol. The molecule has 1 saturated heterocycles. The molecule has 0 aromatic heterocycles. The number of hydrogen-bond donors (Lipinski definition) is 1. The molecule has 1 unspecified atom stereocenters. The molecule has 0 bridgehead atoms. The highest BCUT2D eigenvalue weighted by atomic mass is 35.5. The van der Waals surface area contributed by atoms with Crippen molar-refractivity contribution < 1.29 is 14.3 Å². The van der Waals surface area contributed by atoms with Crippen LogP contribution in [0.25, 0.3) is 0 Å². The predicted molar refractivity (Wildman–Crippen MR) is 118 cm³/mol. The van der Waals surface area contributed by atoms with Crippen molar-refractivity contribution in [2.24, 2.45) is 4.99 Å². The van der Waals surface area contributed by atoms with Crippen molar-refractivity contribution in [1.29, 1.82) is 0 Å². The van der Waals surface area contributed by atoms with Crippen molar-refractivity contribution in [2.75, 3.05) is 19.5 Å². The van der Waals surface area contributed by atoms with E-state index in [1.165, 1.54) is 29.3 Å². The lowest BCUT2D eigenvalue weighted by molar-refractivity contribution is -0.127. The predicted octanol–water partition coefficient (Wildman–Crippen LogP) is 4.56. The fourth-order valence-electron chi connectivity index (χ4n) is 2.85. The highest BCUT2D eigenvalue weighted by Gasteiger charge is 2.37. The minimum Gasteiger partial charge on any atom is -0.495 e. The van der Waals surface area contributed by atoms with Gasteiger partial charge in [-0.25, -0.2) is 4.99 Å². The highest BCUT2D eigenvalue weighted by Crippen LogP contribution is 2.32. The molecule has 1 aliphatic rings. The van der Waals surface area contributed by atoms with Crippen LogP contribution in [0.3, 0.4) is 0 Å². The summed E-state index contributed by atoms with van der Waals surface area (Å²) < 4.78 is 5.24. The third kappa shape index (κ3) is 4.92. The summed E-state index contributed by atoms with van der Waals surface area (Å²) in [6.07, 6.45) is 0.0233. The van der Waals surface area contributed by atoms with Gasteiger partial charge in [0.15, 0.2) is 5.17 Å². The van der Waals surface area contributed by atoms with Gasteiger partial charge in [0.2, 0.25) is 11.8 Å². The lowest BCUT2D eigenvalue weighted by atomic mass is 10.1. The molecule has 1 fully saturated rings. The number of amides is 2. The Morgan fingerprint density at radius 1 is 1.24 bits per heavy atom. The maximum absolute atomic E-state index is 12.6. The highest BCUT2D eigenvalue weighted by molar-refractivity contribution is 8.15. The number of rotatable bonds is 5. The van der Waals surface area contributed by atoms with E-state index in [-0.39, 0.29) is 18.2 Å². The molecule has 2 aromatic carbocycles. The van der Waals surface area contributed by atoms with Gasteiger partial charge in [0.25, 0.3) is 0 Å². The first-order valence-electron chi connectivity index (χ1n) is 9.02. The molecule has 8 heteroatoms. The Hall–Kier alpha value is -2.51. The van der Waals surface area contributed by atoms with Gasteiger partial charge in [0.05, 0.1) is 18.5 Å². The number of aryl methyl sites for hydroxylation is 2. The number of carbonyl (C=O) groups excluding carboxylic acids is 2. The Labute approximate surface area is 179 Å². The summed E-state index contributed by atoms with van der Waals surface area (Å²) >= 11 is 7.29. The van der Waals surface area contributed by atoms with E-state index in [4.69, 9.17) is 16.3 Å². The molecule has 0 spiro atoms. The van der Waals surface area contributed by atoms with Crippen LogP contribution in [0.4, 0.5) is 11.4 Å². The van der Waals surface area contributed by atoms with Crippen molar-refractivity contribution in [3.63, 3.8) is 0 Å².